The van der Waals surface area contributed by atoms with Gasteiger partial charge in [-0.25, -0.2) is 4.98 Å². The summed E-state index contributed by atoms with van der Waals surface area (Å²) in [5.74, 6) is 0.714. The molecule has 0 unspecified atom stereocenters. The predicted molar refractivity (Wildman–Crippen MR) is 156 cm³/mol. The molecule has 1 atom stereocenters. The highest BCUT2D eigenvalue weighted by Crippen LogP contribution is 2.55. The van der Waals surface area contributed by atoms with Crippen LogP contribution >= 0.6 is 23.2 Å². The molecular weight excluding hydrogens is 563 g/mol. The first-order valence-corrected chi connectivity index (χ1v) is 14.2. The lowest BCUT2D eigenvalue weighted by molar-refractivity contribution is -0.119. The molecule has 1 aromatic carbocycles. The molecule has 0 radical (unpaired) electrons. The third kappa shape index (κ3) is 3.58. The van der Waals surface area contributed by atoms with Crippen molar-refractivity contribution in [1.29, 1.82) is 0 Å². The van der Waals surface area contributed by atoms with Crippen molar-refractivity contribution in [2.75, 3.05) is 17.3 Å². The van der Waals surface area contributed by atoms with Crippen molar-refractivity contribution in [2.24, 2.45) is 0 Å². The molecule has 1 saturated carbocycles. The first-order chi connectivity index (χ1) is 19.7. The zero-order chi connectivity index (χ0) is 28.8. The van der Waals surface area contributed by atoms with Crippen molar-refractivity contribution in [3.63, 3.8) is 0 Å². The highest BCUT2D eigenvalue weighted by atomic mass is 35.5. The first-order valence-electron chi connectivity index (χ1n) is 13.4. The van der Waals surface area contributed by atoms with Gasteiger partial charge in [-0.2, -0.15) is 0 Å². The molecule has 1 aliphatic carbocycles. The van der Waals surface area contributed by atoms with Crippen molar-refractivity contribution in [2.45, 2.75) is 51.1 Å². The van der Waals surface area contributed by atoms with E-state index in [9.17, 15) is 9.59 Å². The van der Waals surface area contributed by atoms with E-state index in [4.69, 9.17) is 37.9 Å². The molecule has 1 N–H and O–H groups in total. The van der Waals surface area contributed by atoms with Crippen molar-refractivity contribution in [3.05, 3.63) is 81.1 Å². The molecule has 2 amide bonds. The summed E-state index contributed by atoms with van der Waals surface area (Å²) in [6.07, 6.45) is 5.48. The lowest BCUT2D eigenvalue weighted by atomic mass is 9.87. The molecule has 9 nitrogen and oxygen atoms in total. The van der Waals surface area contributed by atoms with E-state index in [0.29, 0.717) is 61.4 Å². The van der Waals surface area contributed by atoms with Crippen LogP contribution in [0.5, 0.6) is 5.75 Å². The standard InChI is InChI=1S/C30H26Cl2N6O3/c1-14(2)37-26-25(36-27(37)19-13-34-21(16-5-6-16)11-24(19)41-4)28(39)38(23-10-18(32)12-33-15(23)3)30(26)20-8-7-17(31)9-22(20)35-29(30)40/h7-14,16H,5-6H2,1-4H3,(H,35,40)/t30-/m0/s1. The number of hydrogen-bond donors (Lipinski definition) is 1. The van der Waals surface area contributed by atoms with Gasteiger partial charge in [0.2, 0.25) is 0 Å². The van der Waals surface area contributed by atoms with Gasteiger partial charge >= 0.3 is 0 Å². The summed E-state index contributed by atoms with van der Waals surface area (Å²) < 4.78 is 7.75. The number of carbonyl (C=O) groups excluding carboxylic acids is 2. The average Bonchev–Trinajstić information content (AvgIpc) is 3.59. The smallest absolute Gasteiger partial charge is 0.280 e. The highest BCUT2D eigenvalue weighted by Gasteiger charge is 2.64. The van der Waals surface area contributed by atoms with E-state index in [-0.39, 0.29) is 11.7 Å². The van der Waals surface area contributed by atoms with E-state index < -0.39 is 17.4 Å². The molecule has 3 aliphatic rings. The van der Waals surface area contributed by atoms with Crippen LogP contribution in [0.2, 0.25) is 10.0 Å². The van der Waals surface area contributed by atoms with Crippen LogP contribution in [0, 0.1) is 6.92 Å². The van der Waals surface area contributed by atoms with Gasteiger partial charge in [-0.3, -0.25) is 24.5 Å². The normalized spacial score (nSPS) is 19.2. The molecule has 41 heavy (non-hydrogen) atoms. The maximum absolute atomic E-state index is 14.5. The largest absolute Gasteiger partial charge is 0.496 e. The van der Waals surface area contributed by atoms with Gasteiger partial charge in [0.05, 0.1) is 34.8 Å². The second kappa shape index (κ2) is 9.03. The van der Waals surface area contributed by atoms with Crippen LogP contribution in [0.25, 0.3) is 11.4 Å². The summed E-state index contributed by atoms with van der Waals surface area (Å²) in [6.45, 7) is 5.76. The minimum absolute atomic E-state index is 0.166. The summed E-state index contributed by atoms with van der Waals surface area (Å²) in [4.78, 5) is 44.4. The van der Waals surface area contributed by atoms with E-state index >= 15 is 0 Å². The topological polar surface area (TPSA) is 102 Å². The average molecular weight is 589 g/mol. The zero-order valence-electron chi connectivity index (χ0n) is 22.8. The minimum atomic E-state index is -1.59. The van der Waals surface area contributed by atoms with Crippen LogP contribution in [0.3, 0.4) is 0 Å². The van der Waals surface area contributed by atoms with E-state index in [1.807, 2.05) is 24.5 Å². The third-order valence-corrected chi connectivity index (χ3v) is 8.51. The van der Waals surface area contributed by atoms with Gasteiger partial charge in [0.1, 0.15) is 11.6 Å². The second-order valence-corrected chi connectivity index (χ2v) is 11.8. The number of pyridine rings is 2. The van der Waals surface area contributed by atoms with Crippen molar-refractivity contribution < 1.29 is 14.3 Å². The van der Waals surface area contributed by atoms with Crippen molar-refractivity contribution in [3.8, 4) is 17.1 Å². The Morgan fingerprint density at radius 3 is 2.56 bits per heavy atom. The quantitative estimate of drug-likeness (QED) is 0.294. The molecule has 2 aliphatic heterocycles. The number of rotatable bonds is 5. The number of nitrogens with zero attached hydrogens (tertiary/aromatic N) is 5. The van der Waals surface area contributed by atoms with E-state index in [0.717, 1.165) is 18.5 Å². The number of aromatic nitrogens is 4. The fraction of sp³-hybridized carbons (Fsp3) is 0.300. The Morgan fingerprint density at radius 1 is 1.07 bits per heavy atom. The van der Waals surface area contributed by atoms with Crippen LogP contribution in [-0.4, -0.2) is 38.4 Å². The van der Waals surface area contributed by atoms with Crippen LogP contribution < -0.4 is 15.0 Å². The Bertz CT molecular complexity index is 1800. The van der Waals surface area contributed by atoms with Gasteiger partial charge in [-0.1, -0.05) is 29.3 Å². The first kappa shape index (κ1) is 26.0. The van der Waals surface area contributed by atoms with Crippen LogP contribution in [0.15, 0.2) is 42.7 Å². The predicted octanol–water partition coefficient (Wildman–Crippen LogP) is 6.28. The second-order valence-electron chi connectivity index (χ2n) is 10.9. The van der Waals surface area contributed by atoms with Crippen molar-refractivity contribution >= 4 is 46.4 Å². The van der Waals surface area contributed by atoms with Crippen LogP contribution in [0.4, 0.5) is 11.4 Å². The SMILES string of the molecule is COc1cc(C2CC2)ncc1-c1nc2c(n1C(C)C)[C@@]1(C(=O)Nc3cc(Cl)ccc31)N(c1cc(Cl)cnc1C)C2=O. The van der Waals surface area contributed by atoms with Gasteiger partial charge in [0.25, 0.3) is 11.8 Å². The number of nitrogens with one attached hydrogen (secondary N) is 1. The Hall–Kier alpha value is -3.95. The molecule has 0 saturated heterocycles. The molecule has 1 fully saturated rings. The number of halogens is 2. The van der Waals surface area contributed by atoms with E-state index in [1.54, 1.807) is 44.5 Å². The number of carbonyl (C=O) groups is 2. The maximum atomic E-state index is 14.5. The van der Waals surface area contributed by atoms with Gasteiger partial charge < -0.3 is 14.6 Å². The Labute approximate surface area is 246 Å². The molecule has 7 rings (SSSR count). The molecule has 3 aromatic heterocycles. The number of methoxy groups -OCH3 is 1. The number of imidazole rings is 1. The third-order valence-electron chi connectivity index (χ3n) is 8.07. The number of hydrogen-bond acceptors (Lipinski definition) is 6. The molecule has 1 spiro atoms. The summed E-state index contributed by atoms with van der Waals surface area (Å²) in [7, 11) is 1.61. The Balaban J connectivity index is 1.55. The van der Waals surface area contributed by atoms with Gasteiger partial charge in [-0.15, -0.1) is 0 Å². The molecule has 0 bridgehead atoms. The molecule has 4 aromatic rings. The fourth-order valence-corrected chi connectivity index (χ4v) is 6.44. The Kier molecular flexibility index (Phi) is 5.72. The van der Waals surface area contributed by atoms with Gasteiger partial charge in [0.15, 0.2) is 11.2 Å². The van der Waals surface area contributed by atoms with Crippen LogP contribution in [-0.2, 0) is 10.3 Å². The molecule has 11 heteroatoms. The highest BCUT2D eigenvalue weighted by molar-refractivity contribution is 6.32. The monoisotopic (exact) mass is 588 g/mol. The summed E-state index contributed by atoms with van der Waals surface area (Å²) in [5.41, 5.74) is 2.72. The fourth-order valence-electron chi connectivity index (χ4n) is 6.12. The number of anilines is 2. The summed E-state index contributed by atoms with van der Waals surface area (Å²) >= 11 is 12.7. The molecule has 5 heterocycles. The van der Waals surface area contributed by atoms with E-state index in [1.165, 1.54) is 11.1 Å². The number of benzene rings is 1. The van der Waals surface area contributed by atoms with Gasteiger partial charge in [-0.05, 0) is 51.8 Å². The minimum Gasteiger partial charge on any atom is -0.496 e. The van der Waals surface area contributed by atoms with Gasteiger partial charge in [0, 0.05) is 52.4 Å². The van der Waals surface area contributed by atoms with Crippen molar-refractivity contribution in [1.82, 2.24) is 19.5 Å². The lowest BCUT2D eigenvalue weighted by Crippen LogP contribution is -2.51. The van der Waals surface area contributed by atoms with Crippen LogP contribution in [0.1, 0.15) is 71.8 Å². The molecular formula is C30H26Cl2N6O3. The molecule has 208 valence electrons. The number of ether oxygens (including phenoxy) is 1. The number of aryl methyl sites for hydroxylation is 1. The number of amides is 2. The Morgan fingerprint density at radius 2 is 1.85 bits per heavy atom. The van der Waals surface area contributed by atoms with E-state index in [2.05, 4.69) is 10.3 Å². The summed E-state index contributed by atoms with van der Waals surface area (Å²) in [5, 5.41) is 3.78. The summed E-state index contributed by atoms with van der Waals surface area (Å²) in [6, 6.07) is 8.59. The number of fused-ring (bicyclic) bond motifs is 4. The maximum Gasteiger partial charge on any atom is 0.280 e. The zero-order valence-corrected chi connectivity index (χ0v) is 24.3. The lowest BCUT2D eigenvalue weighted by Gasteiger charge is -2.36.